The lowest BCUT2D eigenvalue weighted by Crippen LogP contribution is -1.95. The quantitative estimate of drug-likeness (QED) is 0.743. The summed E-state index contributed by atoms with van der Waals surface area (Å²) in [5, 5.41) is 0.811. The van der Waals surface area contributed by atoms with Crippen molar-refractivity contribution < 1.29 is 4.79 Å². The fourth-order valence-electron chi connectivity index (χ4n) is 3.20. The zero-order valence-corrected chi connectivity index (χ0v) is 10.4. The first-order chi connectivity index (χ1) is 8.31. The molecule has 0 aromatic heterocycles. The molecule has 17 heavy (non-hydrogen) atoms. The fraction of sp³-hybridized carbons (Fsp3) is 0.400. The van der Waals surface area contributed by atoms with Crippen molar-refractivity contribution in [2.45, 2.75) is 19.3 Å². The summed E-state index contributed by atoms with van der Waals surface area (Å²) in [5.74, 6) is 1.83. The second-order valence-electron chi connectivity index (χ2n) is 5.06. The molecule has 0 saturated heterocycles. The molecule has 0 spiro atoms. The molecule has 0 unspecified atom stereocenters. The molecule has 0 radical (unpaired) electrons. The Balaban J connectivity index is 1.59. The summed E-state index contributed by atoms with van der Waals surface area (Å²) in [6.07, 6.45) is 4.19. The van der Waals surface area contributed by atoms with Crippen LogP contribution in [0.1, 0.15) is 18.4 Å². The van der Waals surface area contributed by atoms with Gasteiger partial charge in [-0.1, -0.05) is 41.9 Å². The number of rotatable bonds is 4. The van der Waals surface area contributed by atoms with Crippen LogP contribution in [0.15, 0.2) is 40.9 Å². The van der Waals surface area contributed by atoms with Gasteiger partial charge in [-0.05, 0) is 42.6 Å². The lowest BCUT2D eigenvalue weighted by Gasteiger charge is -2.04. The summed E-state index contributed by atoms with van der Waals surface area (Å²) < 4.78 is 0. The summed E-state index contributed by atoms with van der Waals surface area (Å²) in [7, 11) is 0. The average Bonchev–Trinajstić information content (AvgIpc) is 2.90. The van der Waals surface area contributed by atoms with E-state index in [2.05, 4.69) is 24.3 Å². The molecule has 0 aliphatic heterocycles. The molecule has 2 heteroatoms. The number of fused-ring (bicyclic) bond motifs is 1. The lowest BCUT2D eigenvalue weighted by molar-refractivity contribution is -0.105. The van der Waals surface area contributed by atoms with Gasteiger partial charge in [0.15, 0.2) is 0 Å². The van der Waals surface area contributed by atoms with Crippen LogP contribution in [-0.4, -0.2) is 6.29 Å². The smallest absolute Gasteiger partial charge is 0.147 e. The van der Waals surface area contributed by atoms with Crippen molar-refractivity contribution in [3.63, 3.8) is 0 Å². The van der Waals surface area contributed by atoms with E-state index in [0.29, 0.717) is 17.8 Å². The van der Waals surface area contributed by atoms with Crippen molar-refractivity contribution in [1.29, 1.82) is 0 Å². The standard InChI is InChI=1S/C15H15ClO/c16-14-8-12-11(15(12)13(14)9-17)7-6-10-4-2-1-3-5-10/h1-5,9,11-12,15H,6-8H2/t11-,12+,15-/m0/s1. The van der Waals surface area contributed by atoms with E-state index in [9.17, 15) is 4.79 Å². The number of hydrogen-bond donors (Lipinski definition) is 0. The third-order valence-electron chi connectivity index (χ3n) is 4.16. The van der Waals surface area contributed by atoms with Crippen LogP contribution in [0.4, 0.5) is 0 Å². The average molecular weight is 247 g/mol. The Kier molecular flexibility index (Phi) is 2.79. The fourth-order valence-corrected chi connectivity index (χ4v) is 3.55. The van der Waals surface area contributed by atoms with Crippen LogP contribution >= 0.6 is 11.6 Å². The van der Waals surface area contributed by atoms with Crippen LogP contribution in [0.2, 0.25) is 0 Å². The third kappa shape index (κ3) is 1.93. The highest BCUT2D eigenvalue weighted by Crippen LogP contribution is 2.61. The number of carbonyl (C=O) groups is 1. The van der Waals surface area contributed by atoms with Gasteiger partial charge in [0.2, 0.25) is 0 Å². The van der Waals surface area contributed by atoms with E-state index < -0.39 is 0 Å². The van der Waals surface area contributed by atoms with E-state index in [-0.39, 0.29) is 0 Å². The summed E-state index contributed by atoms with van der Waals surface area (Å²) in [5.41, 5.74) is 2.27. The molecule has 0 bridgehead atoms. The Morgan fingerprint density at radius 3 is 2.76 bits per heavy atom. The molecule has 3 rings (SSSR count). The highest BCUT2D eigenvalue weighted by molar-refractivity contribution is 6.31. The van der Waals surface area contributed by atoms with Gasteiger partial charge in [-0.2, -0.15) is 0 Å². The number of hydrogen-bond acceptors (Lipinski definition) is 1. The van der Waals surface area contributed by atoms with Crippen LogP contribution < -0.4 is 0 Å². The molecule has 1 nitrogen and oxygen atoms in total. The molecule has 2 aliphatic carbocycles. The molecule has 1 fully saturated rings. The van der Waals surface area contributed by atoms with E-state index in [1.165, 1.54) is 12.0 Å². The SMILES string of the molecule is O=CC1=C(Cl)C[C@@H]2[C@H](CCc3ccccc3)[C@H]12. The first kappa shape index (κ1) is 11.0. The predicted octanol–water partition coefficient (Wildman–Crippen LogP) is 3.58. The molecule has 88 valence electrons. The third-order valence-corrected chi connectivity index (χ3v) is 4.53. The van der Waals surface area contributed by atoms with Crippen molar-refractivity contribution >= 4 is 17.9 Å². The number of aldehydes is 1. The Morgan fingerprint density at radius 1 is 1.29 bits per heavy atom. The maximum Gasteiger partial charge on any atom is 0.147 e. The highest BCUT2D eigenvalue weighted by Gasteiger charge is 2.55. The number of aryl methyl sites for hydroxylation is 1. The topological polar surface area (TPSA) is 17.1 Å². The summed E-state index contributed by atoms with van der Waals surface area (Å²) in [6.45, 7) is 0. The number of halogens is 1. The predicted molar refractivity (Wildman–Crippen MR) is 68.8 cm³/mol. The molecule has 3 atom stereocenters. The van der Waals surface area contributed by atoms with E-state index in [1.807, 2.05) is 6.07 Å². The van der Waals surface area contributed by atoms with Gasteiger partial charge in [-0.3, -0.25) is 4.79 Å². The highest BCUT2D eigenvalue weighted by atomic mass is 35.5. The van der Waals surface area contributed by atoms with Crippen LogP contribution in [0, 0.1) is 17.8 Å². The maximum atomic E-state index is 10.9. The van der Waals surface area contributed by atoms with E-state index in [0.717, 1.165) is 29.7 Å². The first-order valence-electron chi connectivity index (χ1n) is 6.19. The molecule has 0 heterocycles. The minimum Gasteiger partial charge on any atom is -0.298 e. The monoisotopic (exact) mass is 246 g/mol. The molecule has 0 amide bonds. The van der Waals surface area contributed by atoms with Crippen molar-refractivity contribution in [3.8, 4) is 0 Å². The molecular formula is C15H15ClO. The Morgan fingerprint density at radius 2 is 2.06 bits per heavy atom. The molecule has 0 N–H and O–H groups in total. The zero-order chi connectivity index (χ0) is 11.8. The van der Waals surface area contributed by atoms with Crippen LogP contribution in [0.3, 0.4) is 0 Å². The Labute approximate surface area is 106 Å². The summed E-state index contributed by atoms with van der Waals surface area (Å²) in [4.78, 5) is 10.9. The van der Waals surface area contributed by atoms with Crippen LogP contribution in [0.25, 0.3) is 0 Å². The minimum atomic E-state index is 0.476. The molecule has 2 aliphatic rings. The van der Waals surface area contributed by atoms with Gasteiger partial charge in [0, 0.05) is 10.6 Å². The second-order valence-corrected chi connectivity index (χ2v) is 5.52. The largest absolute Gasteiger partial charge is 0.298 e. The van der Waals surface area contributed by atoms with Gasteiger partial charge in [0.05, 0.1) is 0 Å². The van der Waals surface area contributed by atoms with Gasteiger partial charge < -0.3 is 0 Å². The molecular weight excluding hydrogens is 232 g/mol. The van der Waals surface area contributed by atoms with Gasteiger partial charge in [-0.25, -0.2) is 0 Å². The van der Waals surface area contributed by atoms with Gasteiger partial charge in [0.1, 0.15) is 6.29 Å². The number of carbonyl (C=O) groups excluding carboxylic acids is 1. The van der Waals surface area contributed by atoms with E-state index >= 15 is 0 Å². The zero-order valence-electron chi connectivity index (χ0n) is 9.60. The van der Waals surface area contributed by atoms with Crippen molar-refractivity contribution in [1.82, 2.24) is 0 Å². The van der Waals surface area contributed by atoms with Crippen LogP contribution in [-0.2, 0) is 11.2 Å². The van der Waals surface area contributed by atoms with E-state index in [4.69, 9.17) is 11.6 Å². The van der Waals surface area contributed by atoms with Crippen molar-refractivity contribution in [2.75, 3.05) is 0 Å². The van der Waals surface area contributed by atoms with Crippen LogP contribution in [0.5, 0.6) is 0 Å². The summed E-state index contributed by atoms with van der Waals surface area (Å²) >= 11 is 6.03. The Hall–Kier alpha value is -1.08. The number of allylic oxidation sites excluding steroid dienone is 2. The Bertz CT molecular complexity index is 463. The number of benzene rings is 1. The maximum absolute atomic E-state index is 10.9. The molecule has 1 aromatic carbocycles. The summed E-state index contributed by atoms with van der Waals surface area (Å²) in [6, 6.07) is 10.5. The van der Waals surface area contributed by atoms with Gasteiger partial charge >= 0.3 is 0 Å². The second kappa shape index (κ2) is 4.30. The molecule has 1 aromatic rings. The minimum absolute atomic E-state index is 0.476. The first-order valence-corrected chi connectivity index (χ1v) is 6.56. The normalized spacial score (nSPS) is 30.3. The molecule has 1 saturated carbocycles. The van der Waals surface area contributed by atoms with Gasteiger partial charge in [0.25, 0.3) is 0 Å². The van der Waals surface area contributed by atoms with E-state index in [1.54, 1.807) is 0 Å². The van der Waals surface area contributed by atoms with Crippen molar-refractivity contribution in [3.05, 3.63) is 46.5 Å². The van der Waals surface area contributed by atoms with Gasteiger partial charge in [-0.15, -0.1) is 0 Å². The lowest BCUT2D eigenvalue weighted by atomic mass is 10.0. The van der Waals surface area contributed by atoms with Crippen molar-refractivity contribution in [2.24, 2.45) is 17.8 Å².